The molecular formula is C41H59FN2O5S. The Hall–Kier alpha value is -2.26. The van der Waals surface area contributed by atoms with Gasteiger partial charge in [0.25, 0.3) is 0 Å². The Morgan fingerprint density at radius 1 is 0.920 bits per heavy atom. The summed E-state index contributed by atoms with van der Waals surface area (Å²) in [5.41, 5.74) is 1.40. The summed E-state index contributed by atoms with van der Waals surface area (Å²) < 4.78 is 39.1. The number of fused-ring (bicyclic) bond motifs is 7. The summed E-state index contributed by atoms with van der Waals surface area (Å²) in [6.45, 7) is 14.9. The first-order valence-corrected chi connectivity index (χ1v) is 21.3. The lowest BCUT2D eigenvalue weighted by molar-refractivity contribution is -0.222. The minimum absolute atomic E-state index is 0.0194. The lowest BCUT2D eigenvalue weighted by atomic mass is 9.32. The molecule has 7 rings (SSSR count). The van der Waals surface area contributed by atoms with Gasteiger partial charge >= 0.3 is 5.97 Å². The van der Waals surface area contributed by atoms with Gasteiger partial charge in [-0.3, -0.25) is 4.79 Å². The molecule has 2 N–H and O–H groups in total. The second-order valence-electron chi connectivity index (χ2n) is 18.5. The quantitative estimate of drug-likeness (QED) is 0.283. The fourth-order valence-corrected chi connectivity index (χ4v) is 14.8. The van der Waals surface area contributed by atoms with Crippen molar-refractivity contribution in [2.45, 2.75) is 105 Å². The molecular weight excluding hydrogens is 652 g/mol. The van der Waals surface area contributed by atoms with Crippen molar-refractivity contribution in [3.63, 3.8) is 0 Å². The maximum atomic E-state index is 15.5. The Labute approximate surface area is 299 Å². The van der Waals surface area contributed by atoms with E-state index in [0.717, 1.165) is 69.9 Å². The standard InChI is InChI=1S/C41H59FN2O5S/c1-37(2)29(28-10-9-27(35(45)46)26-32(28)42)13-16-38(3)33(37)14-17-40(5)34(38)12-11-30-31-8-6-15-41(31,19-18-39(30,40)4)36(47)43-20-7-21-44-22-24-50(48,49)25-23-44/h9-10,13,26,30-31,33-34H,6-8,11-12,14-25H2,1-5H3,(H,43,47)(H,45,46)/t30-,31-,33+,34-,38+,39-,40-,41+/m1/s1. The van der Waals surface area contributed by atoms with Crippen molar-refractivity contribution in [2.24, 2.45) is 50.7 Å². The normalized spacial score (nSPS) is 40.4. The van der Waals surface area contributed by atoms with Crippen LogP contribution in [-0.4, -0.2) is 68.0 Å². The van der Waals surface area contributed by atoms with E-state index in [1.165, 1.54) is 25.0 Å². The second kappa shape index (κ2) is 12.4. The molecule has 1 aromatic carbocycles. The van der Waals surface area contributed by atoms with E-state index >= 15 is 4.39 Å². The van der Waals surface area contributed by atoms with Crippen LogP contribution in [0.1, 0.15) is 121 Å². The number of carbonyl (C=O) groups is 2. The van der Waals surface area contributed by atoms with E-state index in [-0.39, 0.29) is 50.1 Å². The Balaban J connectivity index is 1.08. The topological polar surface area (TPSA) is 104 Å². The summed E-state index contributed by atoms with van der Waals surface area (Å²) >= 11 is 0. The molecule has 7 nitrogen and oxygen atoms in total. The van der Waals surface area contributed by atoms with E-state index in [1.807, 2.05) is 0 Å². The Morgan fingerprint density at radius 3 is 2.36 bits per heavy atom. The smallest absolute Gasteiger partial charge is 0.335 e. The predicted octanol–water partition coefficient (Wildman–Crippen LogP) is 7.61. The highest BCUT2D eigenvalue weighted by Crippen LogP contribution is 2.77. The Kier molecular flexibility index (Phi) is 8.97. The summed E-state index contributed by atoms with van der Waals surface area (Å²) in [6.07, 6.45) is 13.9. The summed E-state index contributed by atoms with van der Waals surface area (Å²) in [6, 6.07) is 4.37. The molecule has 0 unspecified atom stereocenters. The molecule has 1 heterocycles. The van der Waals surface area contributed by atoms with Crippen molar-refractivity contribution in [1.82, 2.24) is 10.2 Å². The van der Waals surface area contributed by atoms with E-state index in [1.54, 1.807) is 6.07 Å². The van der Waals surface area contributed by atoms with E-state index < -0.39 is 21.6 Å². The molecule has 276 valence electrons. The van der Waals surface area contributed by atoms with Gasteiger partial charge in [-0.2, -0.15) is 0 Å². The first-order valence-electron chi connectivity index (χ1n) is 19.4. The number of allylic oxidation sites excluding steroid dienone is 2. The number of hydrogen-bond acceptors (Lipinski definition) is 5. The van der Waals surface area contributed by atoms with Crippen LogP contribution in [0.4, 0.5) is 4.39 Å². The van der Waals surface area contributed by atoms with Gasteiger partial charge in [-0.05, 0) is 134 Å². The number of carboxylic acid groups (broad SMARTS) is 1. The summed E-state index contributed by atoms with van der Waals surface area (Å²) in [5, 5.41) is 12.8. The highest BCUT2D eigenvalue weighted by Gasteiger charge is 2.70. The SMILES string of the molecule is CC1(C)C(c2ccc(C(=O)O)cc2F)=CC[C@]2(C)[C@H]3CC[C@@H]4[C@H]5CCC[C@]5(C(=O)NCCCN5CCS(=O)(=O)CC5)CC[C@@]4(C)[C@]3(C)CC[C@@H]12. The minimum atomic E-state index is -2.89. The van der Waals surface area contributed by atoms with Gasteiger partial charge < -0.3 is 15.3 Å². The highest BCUT2D eigenvalue weighted by atomic mass is 32.2. The number of amides is 1. The average Bonchev–Trinajstić information content (AvgIpc) is 3.50. The zero-order valence-corrected chi connectivity index (χ0v) is 31.8. The number of sulfone groups is 1. The monoisotopic (exact) mass is 710 g/mol. The molecule has 5 aliphatic carbocycles. The lowest BCUT2D eigenvalue weighted by Crippen LogP contribution is -2.65. The van der Waals surface area contributed by atoms with Crippen LogP contribution in [0.15, 0.2) is 24.3 Å². The van der Waals surface area contributed by atoms with Gasteiger partial charge in [-0.1, -0.05) is 53.2 Å². The number of carboxylic acids is 1. The molecule has 9 heteroatoms. The lowest BCUT2D eigenvalue weighted by Gasteiger charge is -2.72. The van der Waals surface area contributed by atoms with Gasteiger partial charge in [0, 0.05) is 25.2 Å². The molecule has 8 atom stereocenters. The van der Waals surface area contributed by atoms with E-state index in [4.69, 9.17) is 0 Å². The molecule has 0 aromatic heterocycles. The van der Waals surface area contributed by atoms with Gasteiger partial charge in [-0.15, -0.1) is 0 Å². The molecule has 0 bridgehead atoms. The third-order valence-electron chi connectivity index (χ3n) is 16.3. The van der Waals surface area contributed by atoms with Crippen molar-refractivity contribution in [3.05, 3.63) is 41.2 Å². The number of halogens is 1. The van der Waals surface area contributed by atoms with Crippen LogP contribution in [0, 0.1) is 56.6 Å². The molecule has 0 radical (unpaired) electrons. The van der Waals surface area contributed by atoms with E-state index in [9.17, 15) is 23.1 Å². The van der Waals surface area contributed by atoms with Gasteiger partial charge in [0.05, 0.1) is 22.5 Å². The Bertz CT molecular complexity index is 1680. The van der Waals surface area contributed by atoms with Crippen molar-refractivity contribution in [3.8, 4) is 0 Å². The molecule has 0 spiro atoms. The van der Waals surface area contributed by atoms with Crippen LogP contribution >= 0.6 is 0 Å². The summed E-state index contributed by atoms with van der Waals surface area (Å²) in [4.78, 5) is 27.9. The van der Waals surface area contributed by atoms with Crippen molar-refractivity contribution < 1.29 is 27.5 Å². The van der Waals surface area contributed by atoms with Crippen molar-refractivity contribution in [2.75, 3.05) is 37.7 Å². The maximum Gasteiger partial charge on any atom is 0.335 e. The highest BCUT2D eigenvalue weighted by molar-refractivity contribution is 7.91. The van der Waals surface area contributed by atoms with Crippen LogP contribution < -0.4 is 5.32 Å². The van der Waals surface area contributed by atoms with Crippen molar-refractivity contribution >= 4 is 27.3 Å². The summed E-state index contributed by atoms with van der Waals surface area (Å²) in [5.74, 6) is 1.07. The number of benzene rings is 1. The molecule has 50 heavy (non-hydrogen) atoms. The van der Waals surface area contributed by atoms with Crippen LogP contribution in [0.5, 0.6) is 0 Å². The molecule has 1 aliphatic heterocycles. The predicted molar refractivity (Wildman–Crippen MR) is 195 cm³/mol. The van der Waals surface area contributed by atoms with Gasteiger partial charge in [0.2, 0.25) is 5.91 Å². The Morgan fingerprint density at radius 2 is 1.66 bits per heavy atom. The number of rotatable bonds is 7. The van der Waals surface area contributed by atoms with Gasteiger partial charge in [0.1, 0.15) is 5.82 Å². The molecule has 4 saturated carbocycles. The molecule has 1 aromatic rings. The third kappa shape index (κ3) is 5.44. The van der Waals surface area contributed by atoms with Crippen LogP contribution in [0.2, 0.25) is 0 Å². The molecule has 1 amide bonds. The second-order valence-corrected chi connectivity index (χ2v) is 20.8. The van der Waals surface area contributed by atoms with Crippen LogP contribution in [0.3, 0.4) is 0 Å². The largest absolute Gasteiger partial charge is 0.478 e. The zero-order valence-electron chi connectivity index (χ0n) is 31.0. The molecule has 1 saturated heterocycles. The van der Waals surface area contributed by atoms with Gasteiger partial charge in [-0.25, -0.2) is 17.6 Å². The van der Waals surface area contributed by atoms with E-state index in [2.05, 4.69) is 50.9 Å². The fraction of sp³-hybridized carbons (Fsp3) is 0.756. The summed E-state index contributed by atoms with van der Waals surface area (Å²) in [7, 11) is -2.89. The number of nitrogens with zero attached hydrogens (tertiary/aromatic N) is 1. The number of nitrogens with one attached hydrogen (secondary N) is 1. The zero-order chi connectivity index (χ0) is 35.9. The number of hydrogen-bond donors (Lipinski definition) is 2. The number of aromatic carboxylic acids is 1. The minimum Gasteiger partial charge on any atom is -0.478 e. The van der Waals surface area contributed by atoms with Crippen LogP contribution in [0.25, 0.3) is 5.57 Å². The first kappa shape index (κ1) is 36.1. The maximum absolute atomic E-state index is 15.5. The molecule has 5 fully saturated rings. The van der Waals surface area contributed by atoms with Crippen LogP contribution in [-0.2, 0) is 14.6 Å². The average molecular weight is 711 g/mol. The molecule has 6 aliphatic rings. The first-order chi connectivity index (χ1) is 23.5. The number of carbonyl (C=O) groups excluding carboxylic acids is 1. The van der Waals surface area contributed by atoms with Crippen molar-refractivity contribution in [1.29, 1.82) is 0 Å². The van der Waals surface area contributed by atoms with Gasteiger partial charge in [0.15, 0.2) is 9.84 Å². The van der Waals surface area contributed by atoms with E-state index in [0.29, 0.717) is 48.9 Å². The third-order valence-corrected chi connectivity index (χ3v) is 17.9. The fourth-order valence-electron chi connectivity index (χ4n) is 13.5.